The second kappa shape index (κ2) is 12.1. The number of piperazine rings is 1. The summed E-state index contributed by atoms with van der Waals surface area (Å²) in [5.74, 6) is -0.109. The van der Waals surface area contributed by atoms with Gasteiger partial charge in [0.1, 0.15) is 11.6 Å². The predicted molar refractivity (Wildman–Crippen MR) is 148 cm³/mol. The second-order valence-electron chi connectivity index (χ2n) is 10.8. The molecule has 0 bridgehead atoms. The number of benzene rings is 3. The van der Waals surface area contributed by atoms with E-state index in [1.807, 2.05) is 98.5 Å². The SMILES string of the molecule is CC(C)(C)OC(=O)NCCC[C@@H]1C(=O)N(Cc2ccccc2)CCN1C(=O)Cc1ccc2ccccc2c1. The first-order valence-electron chi connectivity index (χ1n) is 13.3. The summed E-state index contributed by atoms with van der Waals surface area (Å²) in [6.45, 7) is 7.29. The predicted octanol–water partition coefficient (Wildman–Crippen LogP) is 4.93. The van der Waals surface area contributed by atoms with Crippen molar-refractivity contribution in [1.29, 1.82) is 0 Å². The number of ether oxygens (including phenoxy) is 1. The van der Waals surface area contributed by atoms with Crippen LogP contribution < -0.4 is 5.32 Å². The molecule has 38 heavy (non-hydrogen) atoms. The molecule has 1 saturated heterocycles. The molecule has 3 aromatic rings. The molecule has 200 valence electrons. The molecule has 1 aliphatic rings. The summed E-state index contributed by atoms with van der Waals surface area (Å²) in [4.78, 5) is 42.7. The Morgan fingerprint density at radius 1 is 0.921 bits per heavy atom. The lowest BCUT2D eigenvalue weighted by atomic mass is 10.0. The van der Waals surface area contributed by atoms with Gasteiger partial charge in [-0.3, -0.25) is 9.59 Å². The van der Waals surface area contributed by atoms with Gasteiger partial charge in [0.2, 0.25) is 11.8 Å². The topological polar surface area (TPSA) is 79.0 Å². The number of nitrogens with one attached hydrogen (secondary N) is 1. The Balaban J connectivity index is 1.44. The first kappa shape index (κ1) is 27.2. The van der Waals surface area contributed by atoms with Crippen molar-refractivity contribution in [1.82, 2.24) is 15.1 Å². The molecule has 0 radical (unpaired) electrons. The number of rotatable bonds is 8. The summed E-state index contributed by atoms with van der Waals surface area (Å²) in [5, 5.41) is 4.97. The minimum Gasteiger partial charge on any atom is -0.444 e. The molecule has 1 atom stereocenters. The highest BCUT2D eigenvalue weighted by molar-refractivity contribution is 5.90. The Labute approximate surface area is 224 Å². The third kappa shape index (κ3) is 7.34. The van der Waals surface area contributed by atoms with E-state index in [1.165, 1.54) is 0 Å². The van der Waals surface area contributed by atoms with E-state index >= 15 is 0 Å². The summed E-state index contributed by atoms with van der Waals surface area (Å²) >= 11 is 0. The Hall–Kier alpha value is -3.87. The molecule has 0 unspecified atom stereocenters. The van der Waals surface area contributed by atoms with Gasteiger partial charge >= 0.3 is 6.09 Å². The molecule has 4 rings (SSSR count). The van der Waals surface area contributed by atoms with Gasteiger partial charge < -0.3 is 19.9 Å². The molecular formula is C31H37N3O4. The van der Waals surface area contributed by atoms with Crippen molar-refractivity contribution in [3.05, 3.63) is 83.9 Å². The van der Waals surface area contributed by atoms with Crippen molar-refractivity contribution in [3.63, 3.8) is 0 Å². The maximum absolute atomic E-state index is 13.6. The van der Waals surface area contributed by atoms with Crippen LogP contribution in [0.3, 0.4) is 0 Å². The summed E-state index contributed by atoms with van der Waals surface area (Å²) in [6.07, 6.45) is 0.768. The van der Waals surface area contributed by atoms with Crippen LogP contribution >= 0.6 is 0 Å². The first-order chi connectivity index (χ1) is 18.2. The Morgan fingerprint density at radius 3 is 2.37 bits per heavy atom. The van der Waals surface area contributed by atoms with E-state index in [0.29, 0.717) is 39.0 Å². The lowest BCUT2D eigenvalue weighted by Gasteiger charge is -2.41. The third-order valence-corrected chi connectivity index (χ3v) is 6.61. The largest absolute Gasteiger partial charge is 0.444 e. The first-order valence-corrected chi connectivity index (χ1v) is 13.3. The summed E-state index contributed by atoms with van der Waals surface area (Å²) in [7, 11) is 0. The molecule has 1 aliphatic heterocycles. The van der Waals surface area contributed by atoms with Crippen molar-refractivity contribution >= 4 is 28.7 Å². The van der Waals surface area contributed by atoms with Gasteiger partial charge in [-0.2, -0.15) is 0 Å². The molecule has 1 N–H and O–H groups in total. The van der Waals surface area contributed by atoms with Gasteiger partial charge in [0.05, 0.1) is 6.42 Å². The zero-order valence-electron chi connectivity index (χ0n) is 22.5. The maximum atomic E-state index is 13.6. The minimum absolute atomic E-state index is 0.0516. The molecule has 3 aromatic carbocycles. The number of amides is 3. The lowest BCUT2D eigenvalue weighted by Crippen LogP contribution is -2.58. The second-order valence-corrected chi connectivity index (χ2v) is 10.8. The highest BCUT2D eigenvalue weighted by Gasteiger charge is 2.36. The van der Waals surface area contributed by atoms with Gasteiger partial charge in [-0.15, -0.1) is 0 Å². The Kier molecular flexibility index (Phi) is 8.66. The van der Waals surface area contributed by atoms with Crippen LogP contribution in [0.4, 0.5) is 4.79 Å². The standard InChI is InChI=1S/C31H37N3O4/c1-31(2,3)38-30(37)32-17-9-14-27-29(36)33(22-23-10-5-4-6-11-23)18-19-34(27)28(35)21-24-15-16-25-12-7-8-13-26(25)20-24/h4-8,10-13,15-16,20,27H,9,14,17-19,21-22H2,1-3H3,(H,32,37)/t27-/m1/s1. The number of fused-ring (bicyclic) bond motifs is 1. The van der Waals surface area contributed by atoms with Gasteiger partial charge in [0.25, 0.3) is 0 Å². The summed E-state index contributed by atoms with van der Waals surface area (Å²) in [5.41, 5.74) is 1.41. The average molecular weight is 516 g/mol. The van der Waals surface area contributed by atoms with Crippen molar-refractivity contribution in [3.8, 4) is 0 Å². The number of hydrogen-bond acceptors (Lipinski definition) is 4. The number of hydrogen-bond donors (Lipinski definition) is 1. The smallest absolute Gasteiger partial charge is 0.407 e. The molecule has 0 spiro atoms. The van der Waals surface area contributed by atoms with Gasteiger partial charge in [0.15, 0.2) is 0 Å². The summed E-state index contributed by atoms with van der Waals surface area (Å²) < 4.78 is 5.30. The number of alkyl carbamates (subject to hydrolysis) is 1. The zero-order valence-corrected chi connectivity index (χ0v) is 22.5. The van der Waals surface area contributed by atoms with E-state index in [4.69, 9.17) is 4.74 Å². The summed E-state index contributed by atoms with van der Waals surface area (Å²) in [6, 6.07) is 23.4. The molecule has 7 heteroatoms. The molecule has 1 heterocycles. The number of carbonyl (C=O) groups excluding carboxylic acids is 3. The van der Waals surface area contributed by atoms with E-state index in [-0.39, 0.29) is 18.2 Å². The highest BCUT2D eigenvalue weighted by atomic mass is 16.6. The van der Waals surface area contributed by atoms with Crippen LogP contribution in [-0.4, -0.2) is 59.0 Å². The van der Waals surface area contributed by atoms with Gasteiger partial charge in [-0.25, -0.2) is 4.79 Å². The third-order valence-electron chi connectivity index (χ3n) is 6.61. The molecule has 1 fully saturated rings. The van der Waals surface area contributed by atoms with Gasteiger partial charge in [-0.1, -0.05) is 72.8 Å². The fraction of sp³-hybridized carbons (Fsp3) is 0.387. The van der Waals surface area contributed by atoms with E-state index in [9.17, 15) is 14.4 Å². The van der Waals surface area contributed by atoms with E-state index in [0.717, 1.165) is 21.9 Å². The van der Waals surface area contributed by atoms with Crippen LogP contribution in [0.2, 0.25) is 0 Å². The van der Waals surface area contributed by atoms with E-state index in [1.54, 1.807) is 4.90 Å². The molecule has 3 amide bonds. The van der Waals surface area contributed by atoms with E-state index < -0.39 is 17.7 Å². The van der Waals surface area contributed by atoms with Crippen molar-refractivity contribution in [2.24, 2.45) is 0 Å². The molecule has 0 aliphatic carbocycles. The van der Waals surface area contributed by atoms with Crippen molar-refractivity contribution < 1.29 is 19.1 Å². The van der Waals surface area contributed by atoms with Crippen LogP contribution in [0, 0.1) is 0 Å². The van der Waals surface area contributed by atoms with Crippen LogP contribution in [0.5, 0.6) is 0 Å². The zero-order chi connectivity index (χ0) is 27.1. The molecular weight excluding hydrogens is 478 g/mol. The normalized spacial score (nSPS) is 16.0. The van der Waals surface area contributed by atoms with Crippen LogP contribution in [0.25, 0.3) is 10.8 Å². The van der Waals surface area contributed by atoms with Crippen LogP contribution in [0.1, 0.15) is 44.7 Å². The van der Waals surface area contributed by atoms with E-state index in [2.05, 4.69) is 5.32 Å². The number of nitrogens with zero attached hydrogens (tertiary/aromatic N) is 2. The van der Waals surface area contributed by atoms with Crippen LogP contribution in [-0.2, 0) is 27.3 Å². The van der Waals surface area contributed by atoms with Crippen LogP contribution in [0.15, 0.2) is 72.8 Å². The fourth-order valence-electron chi connectivity index (χ4n) is 4.80. The van der Waals surface area contributed by atoms with Gasteiger partial charge in [0, 0.05) is 26.2 Å². The Bertz CT molecular complexity index is 1270. The molecule has 0 aromatic heterocycles. The highest BCUT2D eigenvalue weighted by Crippen LogP contribution is 2.21. The minimum atomic E-state index is -0.576. The molecule has 0 saturated carbocycles. The van der Waals surface area contributed by atoms with Crippen molar-refractivity contribution in [2.75, 3.05) is 19.6 Å². The maximum Gasteiger partial charge on any atom is 0.407 e. The Morgan fingerprint density at radius 2 is 1.63 bits per heavy atom. The molecule has 7 nitrogen and oxygen atoms in total. The van der Waals surface area contributed by atoms with Crippen molar-refractivity contribution in [2.45, 2.75) is 58.2 Å². The quantitative estimate of drug-likeness (QED) is 0.432. The monoisotopic (exact) mass is 515 g/mol. The lowest BCUT2D eigenvalue weighted by molar-refractivity contribution is -0.152. The number of carbonyl (C=O) groups is 3. The average Bonchev–Trinajstić information content (AvgIpc) is 2.88. The van der Waals surface area contributed by atoms with Gasteiger partial charge in [-0.05, 0) is 55.5 Å². The fourth-order valence-corrected chi connectivity index (χ4v) is 4.80.